The number of phosphoric ester groups is 1. The van der Waals surface area contributed by atoms with Gasteiger partial charge in [-0.3, -0.25) is 9.09 Å². The Kier molecular flexibility index (Phi) is 5.07. The van der Waals surface area contributed by atoms with E-state index in [-0.39, 0.29) is 0 Å². The third-order valence-corrected chi connectivity index (χ3v) is 3.61. The first-order valence-corrected chi connectivity index (χ1v) is 8.08. The van der Waals surface area contributed by atoms with Gasteiger partial charge in [-0.1, -0.05) is 0 Å². The highest BCUT2D eigenvalue weighted by Gasteiger charge is 2.45. The lowest BCUT2D eigenvalue weighted by Gasteiger charge is -2.15. The Labute approximate surface area is 102 Å². The summed E-state index contributed by atoms with van der Waals surface area (Å²) in [6.45, 7) is -0.708. The van der Waals surface area contributed by atoms with Crippen LogP contribution >= 0.6 is 15.4 Å². The quantitative estimate of drug-likeness (QED) is 0.305. The predicted octanol–water partition coefficient (Wildman–Crippen LogP) is -2.24. The van der Waals surface area contributed by atoms with Crippen LogP contribution in [0.5, 0.6) is 0 Å². The highest BCUT2D eigenvalue weighted by atomic mass is 31.2. The zero-order valence-electron chi connectivity index (χ0n) is 8.93. The van der Waals surface area contributed by atoms with Gasteiger partial charge in [0.1, 0.15) is 18.3 Å². The second-order valence-corrected chi connectivity index (χ2v) is 6.76. The number of ether oxygens (including phenoxy) is 1. The maximum atomic E-state index is 10.7. The van der Waals surface area contributed by atoms with E-state index in [0.717, 1.165) is 0 Å². The lowest BCUT2D eigenvalue weighted by atomic mass is 10.1. The van der Waals surface area contributed by atoms with Crippen molar-refractivity contribution in [3.05, 3.63) is 0 Å². The molecule has 0 spiro atoms. The van der Waals surface area contributed by atoms with Crippen LogP contribution in [0, 0.1) is 0 Å². The average molecular weight is 308 g/mol. The van der Waals surface area contributed by atoms with Gasteiger partial charge in [0, 0.05) is 0 Å². The van der Waals surface area contributed by atoms with Crippen LogP contribution in [-0.4, -0.2) is 67.0 Å². The van der Waals surface area contributed by atoms with Crippen molar-refractivity contribution >= 4 is 15.4 Å². The van der Waals surface area contributed by atoms with E-state index in [1.807, 2.05) is 0 Å². The van der Waals surface area contributed by atoms with Gasteiger partial charge in [-0.05, 0) is 0 Å². The van der Waals surface area contributed by atoms with Crippen molar-refractivity contribution in [2.24, 2.45) is 0 Å². The fourth-order valence-electron chi connectivity index (χ4n) is 1.52. The van der Waals surface area contributed by atoms with E-state index in [4.69, 9.17) is 24.3 Å². The van der Waals surface area contributed by atoms with Gasteiger partial charge < -0.3 is 34.5 Å². The number of hydrogen-bond acceptors (Lipinski definition) is 6. The summed E-state index contributed by atoms with van der Waals surface area (Å²) in [5.74, 6) is 0. The summed E-state index contributed by atoms with van der Waals surface area (Å²) < 4.78 is 30.1. The van der Waals surface area contributed by atoms with Gasteiger partial charge in [0.05, 0.1) is 18.9 Å². The van der Waals surface area contributed by atoms with Gasteiger partial charge >= 0.3 is 15.4 Å². The minimum atomic E-state index is -4.75. The van der Waals surface area contributed by atoms with Gasteiger partial charge in [-0.25, -0.2) is 4.57 Å². The minimum absolute atomic E-state index is 0.708. The molecule has 0 radical (unpaired) electrons. The summed E-state index contributed by atoms with van der Waals surface area (Å²) in [5, 5.41) is 18.9. The van der Waals surface area contributed by atoms with Crippen molar-refractivity contribution in [3.8, 4) is 0 Å². The molecule has 1 fully saturated rings. The molecule has 0 unspecified atom stereocenters. The molecule has 1 aliphatic rings. The zero-order valence-corrected chi connectivity index (χ0v) is 10.7. The fourth-order valence-corrected chi connectivity index (χ4v) is 2.63. The molecule has 0 amide bonds. The molecule has 1 heterocycles. The largest absolute Gasteiger partial charge is 0.469 e. The van der Waals surface area contributed by atoms with Gasteiger partial charge in [-0.2, -0.15) is 0 Å². The summed E-state index contributed by atoms with van der Waals surface area (Å²) in [6.07, 6.45) is -6.52. The smallest absolute Gasteiger partial charge is 0.388 e. The third kappa shape index (κ3) is 5.02. The average Bonchev–Trinajstić information content (AvgIpc) is 2.40. The van der Waals surface area contributed by atoms with E-state index >= 15 is 0 Å². The number of hydrogen-bond donors (Lipinski definition) is 6. The monoisotopic (exact) mass is 308 g/mol. The van der Waals surface area contributed by atoms with Crippen molar-refractivity contribution < 1.29 is 48.2 Å². The Hall–Kier alpha value is 0.140. The molecule has 18 heavy (non-hydrogen) atoms. The Bertz CT molecular complexity index is 373. The summed E-state index contributed by atoms with van der Waals surface area (Å²) in [6, 6.07) is 0. The molecule has 12 heteroatoms. The molecular weight excluding hydrogens is 294 g/mol. The van der Waals surface area contributed by atoms with Gasteiger partial charge in [0.25, 0.3) is 0 Å². The fraction of sp³-hybridized carbons (Fsp3) is 1.00. The molecule has 0 aromatic carbocycles. The first kappa shape index (κ1) is 16.2. The number of aliphatic hydroxyl groups excluding tert-OH is 2. The minimum Gasteiger partial charge on any atom is -0.388 e. The molecule has 108 valence electrons. The molecule has 0 saturated carbocycles. The number of rotatable bonds is 5. The molecule has 0 aliphatic carbocycles. The Balaban J connectivity index is 2.59. The van der Waals surface area contributed by atoms with E-state index in [0.29, 0.717) is 0 Å². The van der Waals surface area contributed by atoms with E-state index in [1.165, 1.54) is 0 Å². The van der Waals surface area contributed by atoms with Gasteiger partial charge in [0.15, 0.2) is 0 Å². The molecule has 10 nitrogen and oxygen atoms in total. The predicted molar refractivity (Wildman–Crippen MR) is 55.6 cm³/mol. The van der Waals surface area contributed by atoms with Crippen LogP contribution < -0.4 is 0 Å². The first-order valence-electron chi connectivity index (χ1n) is 4.76. The zero-order chi connectivity index (χ0) is 14.1. The lowest BCUT2D eigenvalue weighted by molar-refractivity contribution is -0.0170. The van der Waals surface area contributed by atoms with Crippen LogP contribution in [0.2, 0.25) is 0 Å². The second kappa shape index (κ2) is 5.64. The van der Waals surface area contributed by atoms with E-state index < -0.39 is 52.6 Å². The molecule has 0 aromatic rings. The summed E-state index contributed by atoms with van der Waals surface area (Å²) in [4.78, 5) is 34.3. The number of aliphatic hydroxyl groups is 2. The normalized spacial score (nSPS) is 33.9. The molecule has 0 bridgehead atoms. The Morgan fingerprint density at radius 2 is 1.50 bits per heavy atom. The Morgan fingerprint density at radius 3 is 1.94 bits per heavy atom. The lowest BCUT2D eigenvalue weighted by Crippen LogP contribution is -2.35. The van der Waals surface area contributed by atoms with Crippen molar-refractivity contribution in [3.63, 3.8) is 0 Å². The maximum absolute atomic E-state index is 10.7. The van der Waals surface area contributed by atoms with E-state index in [9.17, 15) is 19.3 Å². The third-order valence-electron chi connectivity index (χ3n) is 2.29. The van der Waals surface area contributed by atoms with E-state index in [2.05, 4.69) is 4.52 Å². The second-order valence-electron chi connectivity index (χ2n) is 3.83. The molecule has 4 atom stereocenters. The summed E-state index contributed by atoms with van der Waals surface area (Å²) >= 11 is 0. The van der Waals surface area contributed by atoms with Crippen LogP contribution in [0.25, 0.3) is 0 Å². The van der Waals surface area contributed by atoms with Crippen molar-refractivity contribution in [2.45, 2.75) is 24.4 Å². The van der Waals surface area contributed by atoms with Crippen LogP contribution in [-0.2, 0) is 18.4 Å². The standard InChI is InChI=1S/C6H14O10P2/c7-5-3(1-15-18(12,13)14)16-4(6(5)8)2-17(9,10)11/h3-8H,1-2H2,(H2,9,10,11)(H2,12,13,14)/t3-,4+,5-,6-/m1/s1. The highest BCUT2D eigenvalue weighted by molar-refractivity contribution is 7.51. The highest BCUT2D eigenvalue weighted by Crippen LogP contribution is 2.40. The molecule has 6 N–H and O–H groups in total. The molecule has 1 aliphatic heterocycles. The maximum Gasteiger partial charge on any atom is 0.469 e. The van der Waals surface area contributed by atoms with Gasteiger partial charge in [-0.15, -0.1) is 0 Å². The van der Waals surface area contributed by atoms with Crippen LogP contribution in [0.3, 0.4) is 0 Å². The van der Waals surface area contributed by atoms with Crippen LogP contribution in [0.4, 0.5) is 0 Å². The van der Waals surface area contributed by atoms with Crippen LogP contribution in [0.1, 0.15) is 0 Å². The molecule has 1 saturated heterocycles. The molecule has 0 aromatic heterocycles. The van der Waals surface area contributed by atoms with E-state index in [1.54, 1.807) is 0 Å². The summed E-state index contributed by atoms with van der Waals surface area (Å²) in [5.41, 5.74) is 0. The SMILES string of the molecule is O=P(O)(O)C[C@@H]1O[C@H](COP(=O)(O)O)[C@@H](O)[C@@H]1O. The molecule has 1 rings (SSSR count). The van der Waals surface area contributed by atoms with Crippen molar-refractivity contribution in [1.29, 1.82) is 0 Å². The Morgan fingerprint density at radius 1 is 1.00 bits per heavy atom. The van der Waals surface area contributed by atoms with Crippen molar-refractivity contribution in [1.82, 2.24) is 0 Å². The van der Waals surface area contributed by atoms with Gasteiger partial charge in [0.2, 0.25) is 0 Å². The van der Waals surface area contributed by atoms with Crippen LogP contribution in [0.15, 0.2) is 0 Å². The topological polar surface area (TPSA) is 174 Å². The molecular formula is C6H14O10P2. The summed E-state index contributed by atoms with van der Waals surface area (Å²) in [7, 11) is -9.20. The number of phosphoric acid groups is 1. The van der Waals surface area contributed by atoms with Crippen molar-refractivity contribution in [2.75, 3.05) is 12.8 Å². The first-order chi connectivity index (χ1) is 7.99.